The van der Waals surface area contributed by atoms with Crippen LogP contribution in [0.4, 0.5) is 0 Å². The van der Waals surface area contributed by atoms with Crippen LogP contribution < -0.4 is 14.8 Å². The van der Waals surface area contributed by atoms with Gasteiger partial charge in [0.25, 0.3) is 0 Å². The molecule has 27 heavy (non-hydrogen) atoms. The van der Waals surface area contributed by atoms with Gasteiger partial charge < -0.3 is 14.0 Å². The van der Waals surface area contributed by atoms with E-state index in [1.165, 1.54) is 0 Å². The lowest BCUT2D eigenvalue weighted by Gasteiger charge is -2.47. The Morgan fingerprint density at radius 1 is 1.00 bits per heavy atom. The van der Waals surface area contributed by atoms with E-state index in [1.807, 2.05) is 32.0 Å². The summed E-state index contributed by atoms with van der Waals surface area (Å²) < 4.78 is 27.5. The molecule has 0 aromatic heterocycles. The third-order valence-corrected chi connectivity index (χ3v) is 14.3. The molecule has 0 N–H and O–H groups in total. The van der Waals surface area contributed by atoms with Crippen LogP contribution in [0.3, 0.4) is 0 Å². The summed E-state index contributed by atoms with van der Waals surface area (Å²) in [6.07, 6.45) is 0.0874. The van der Waals surface area contributed by atoms with Gasteiger partial charge in [0.2, 0.25) is 0 Å². The molecule has 1 aliphatic rings. The molecule has 0 spiro atoms. The Hall–Kier alpha value is -0.520. The lowest BCUT2D eigenvalue weighted by molar-refractivity contribution is 0.244. The number of fused-ring (bicyclic) bond motifs is 1. The van der Waals surface area contributed by atoms with Gasteiger partial charge in [0.05, 0.1) is 11.4 Å². The molecule has 0 unspecified atom stereocenters. The van der Waals surface area contributed by atoms with Gasteiger partial charge in [0.15, 0.2) is 5.59 Å². The summed E-state index contributed by atoms with van der Waals surface area (Å²) in [6.45, 7) is 23.4. The molecular formula is C22H38O3P2. The highest BCUT2D eigenvalue weighted by Gasteiger charge is 2.60. The van der Waals surface area contributed by atoms with E-state index in [0.717, 1.165) is 16.8 Å². The van der Waals surface area contributed by atoms with Gasteiger partial charge in [-0.3, -0.25) is 0 Å². The minimum absolute atomic E-state index is 0.0478. The Morgan fingerprint density at radius 2 is 1.52 bits per heavy atom. The molecule has 1 aromatic rings. The Morgan fingerprint density at radius 3 is 1.93 bits per heavy atom. The molecule has 0 saturated carbocycles. The van der Waals surface area contributed by atoms with Crippen LogP contribution in [0.2, 0.25) is 0 Å². The first kappa shape index (κ1) is 22.8. The maximum absolute atomic E-state index is 14.8. The molecule has 1 heterocycles. The third-order valence-electron chi connectivity index (χ3n) is 5.05. The smallest absolute Gasteiger partial charge is 0.174 e. The van der Waals surface area contributed by atoms with Crippen molar-refractivity contribution in [3.63, 3.8) is 0 Å². The standard InChI is InChI=1S/C22H38O3P2/c1-15(2)24-16-13-12-14-17-18(16)26(20(3,4)5)19(25-17)27(23,21(6,7)8)22(9,10)11/h12-15,19H,1-11H3/t19-,26+/m0/s1. The average Bonchev–Trinajstić information content (AvgIpc) is 2.83. The molecule has 0 bridgehead atoms. The zero-order chi connectivity index (χ0) is 21.0. The second kappa shape index (κ2) is 7.07. The van der Waals surface area contributed by atoms with Crippen LogP contribution in [-0.4, -0.2) is 27.2 Å². The van der Waals surface area contributed by atoms with E-state index in [9.17, 15) is 4.57 Å². The molecule has 0 saturated heterocycles. The highest BCUT2D eigenvalue weighted by Crippen LogP contribution is 2.80. The van der Waals surface area contributed by atoms with Crippen LogP contribution in [0, 0.1) is 0 Å². The second-order valence-corrected chi connectivity index (χ2v) is 18.6. The van der Waals surface area contributed by atoms with E-state index in [-0.39, 0.29) is 27.2 Å². The van der Waals surface area contributed by atoms with Crippen molar-refractivity contribution in [2.75, 3.05) is 0 Å². The molecule has 2 atom stereocenters. The summed E-state index contributed by atoms with van der Waals surface area (Å²) in [5.74, 6) is 1.74. The van der Waals surface area contributed by atoms with Crippen molar-refractivity contribution in [2.24, 2.45) is 0 Å². The fourth-order valence-electron chi connectivity index (χ4n) is 4.03. The van der Waals surface area contributed by atoms with Crippen LogP contribution in [0.5, 0.6) is 11.5 Å². The van der Waals surface area contributed by atoms with Gasteiger partial charge in [-0.15, -0.1) is 0 Å². The van der Waals surface area contributed by atoms with Gasteiger partial charge >= 0.3 is 0 Å². The lowest BCUT2D eigenvalue weighted by Crippen LogP contribution is -2.38. The zero-order valence-electron chi connectivity index (χ0n) is 19.0. The summed E-state index contributed by atoms with van der Waals surface area (Å²) in [5, 5.41) is 0.409. The average molecular weight is 412 g/mol. The number of hydrogen-bond donors (Lipinski definition) is 0. The maximum atomic E-state index is 14.8. The fourth-order valence-corrected chi connectivity index (χ4v) is 14.9. The summed E-state index contributed by atoms with van der Waals surface area (Å²) >= 11 is 0. The van der Waals surface area contributed by atoms with Crippen molar-refractivity contribution >= 4 is 20.4 Å². The fraction of sp³-hybridized carbons (Fsp3) is 0.727. The molecular weight excluding hydrogens is 374 g/mol. The lowest BCUT2D eigenvalue weighted by atomic mass is 10.2. The van der Waals surface area contributed by atoms with Crippen LogP contribution in [0.15, 0.2) is 18.2 Å². The van der Waals surface area contributed by atoms with Gasteiger partial charge in [-0.05, 0) is 39.1 Å². The van der Waals surface area contributed by atoms with Crippen LogP contribution in [0.1, 0.15) is 76.2 Å². The summed E-state index contributed by atoms with van der Waals surface area (Å²) in [6, 6.07) is 6.03. The van der Waals surface area contributed by atoms with Crippen molar-refractivity contribution in [3.05, 3.63) is 18.2 Å². The van der Waals surface area contributed by atoms with Crippen molar-refractivity contribution in [1.82, 2.24) is 0 Å². The van der Waals surface area contributed by atoms with E-state index >= 15 is 0 Å². The molecule has 0 amide bonds. The molecule has 1 aromatic carbocycles. The van der Waals surface area contributed by atoms with E-state index in [4.69, 9.17) is 9.47 Å². The van der Waals surface area contributed by atoms with Crippen molar-refractivity contribution < 1.29 is 14.0 Å². The Balaban J connectivity index is 2.75. The van der Waals surface area contributed by atoms with Crippen LogP contribution in [0.25, 0.3) is 0 Å². The minimum atomic E-state index is -2.77. The first-order valence-electron chi connectivity index (χ1n) is 9.87. The molecule has 154 valence electrons. The third kappa shape index (κ3) is 3.97. The molecule has 0 fully saturated rings. The number of ether oxygens (including phenoxy) is 2. The molecule has 0 aliphatic carbocycles. The zero-order valence-corrected chi connectivity index (χ0v) is 20.8. The molecule has 1 aliphatic heterocycles. The summed E-state index contributed by atoms with van der Waals surface area (Å²) in [7, 11) is -3.62. The highest BCUT2D eigenvalue weighted by atomic mass is 31.2. The summed E-state index contributed by atoms with van der Waals surface area (Å²) in [5.41, 5.74) is -0.292. The highest BCUT2D eigenvalue weighted by molar-refractivity contribution is 7.84. The minimum Gasteiger partial charge on any atom is -0.490 e. The van der Waals surface area contributed by atoms with Crippen molar-refractivity contribution in [1.29, 1.82) is 0 Å². The van der Waals surface area contributed by atoms with Crippen LogP contribution in [-0.2, 0) is 4.57 Å². The quantitative estimate of drug-likeness (QED) is 0.501. The maximum Gasteiger partial charge on any atom is 0.174 e. The Bertz CT molecular complexity index is 715. The second-order valence-electron chi connectivity index (χ2n) is 10.8. The van der Waals surface area contributed by atoms with E-state index < -0.39 is 15.1 Å². The number of rotatable bonds is 3. The van der Waals surface area contributed by atoms with Gasteiger partial charge in [-0.2, -0.15) is 0 Å². The normalized spacial score (nSPS) is 21.2. The van der Waals surface area contributed by atoms with E-state index in [0.29, 0.717) is 0 Å². The molecule has 5 heteroatoms. The Labute approximate surface area is 167 Å². The van der Waals surface area contributed by atoms with Gasteiger partial charge in [0.1, 0.15) is 18.6 Å². The number of hydrogen-bond acceptors (Lipinski definition) is 3. The largest absolute Gasteiger partial charge is 0.490 e. The molecule has 2 rings (SSSR count). The number of benzene rings is 1. The monoisotopic (exact) mass is 412 g/mol. The van der Waals surface area contributed by atoms with Gasteiger partial charge in [-0.1, -0.05) is 68.4 Å². The molecule has 3 nitrogen and oxygen atoms in total. The van der Waals surface area contributed by atoms with E-state index in [2.05, 4.69) is 62.3 Å². The topological polar surface area (TPSA) is 35.5 Å². The van der Waals surface area contributed by atoms with Gasteiger partial charge in [-0.25, -0.2) is 0 Å². The predicted octanol–water partition coefficient (Wildman–Crippen LogP) is 7.02. The van der Waals surface area contributed by atoms with Crippen molar-refractivity contribution in [3.8, 4) is 11.5 Å². The van der Waals surface area contributed by atoms with Gasteiger partial charge in [0, 0.05) is 10.3 Å². The van der Waals surface area contributed by atoms with E-state index in [1.54, 1.807) is 0 Å². The van der Waals surface area contributed by atoms with Crippen molar-refractivity contribution in [2.45, 2.75) is 103 Å². The first-order valence-corrected chi connectivity index (χ1v) is 13.1. The predicted molar refractivity (Wildman–Crippen MR) is 120 cm³/mol. The SMILES string of the molecule is CC(C)Oc1cccc2c1[P@@](C(C)(C)C)[C@@H](P(=O)(C(C)(C)C)C(C)(C)C)O2. The molecule has 0 radical (unpaired) electrons. The summed E-state index contributed by atoms with van der Waals surface area (Å²) in [4.78, 5) is 0. The Kier molecular flexibility index (Phi) is 5.96. The van der Waals surface area contributed by atoms with Crippen LogP contribution >= 0.6 is 15.1 Å². The first-order chi connectivity index (χ1) is 12.0.